The third-order valence-electron chi connectivity index (χ3n) is 2.88. The highest BCUT2D eigenvalue weighted by molar-refractivity contribution is 7.07. The van der Waals surface area contributed by atoms with Crippen LogP contribution in [-0.4, -0.2) is 12.1 Å². The van der Waals surface area contributed by atoms with Crippen molar-refractivity contribution in [2.24, 2.45) is 0 Å². The molecule has 0 atom stereocenters. The maximum atomic E-state index is 11.3. The number of benzene rings is 1. The van der Waals surface area contributed by atoms with Crippen LogP contribution in [-0.2, 0) is 5.41 Å². The highest BCUT2D eigenvalue weighted by atomic mass is 32.1. The summed E-state index contributed by atoms with van der Waals surface area (Å²) in [4.78, 5) is 14.0. The van der Waals surface area contributed by atoms with Gasteiger partial charge in [0.05, 0.1) is 12.8 Å². The monoisotopic (exact) mass is 263 g/mol. The number of aromatic nitrogens is 1. The van der Waals surface area contributed by atoms with Crippen LogP contribution in [0, 0.1) is 0 Å². The van der Waals surface area contributed by atoms with Crippen LogP contribution in [0.1, 0.15) is 26.3 Å². The molecule has 4 heteroatoms. The van der Waals surface area contributed by atoms with Gasteiger partial charge in [0.2, 0.25) is 0 Å². The number of thiazole rings is 1. The summed E-state index contributed by atoms with van der Waals surface area (Å²) in [6.07, 6.45) is 0. The normalized spacial score (nSPS) is 11.6. The fourth-order valence-corrected chi connectivity index (χ4v) is 2.38. The zero-order valence-corrected chi connectivity index (χ0v) is 11.9. The Bertz CT molecular complexity index is 605. The van der Waals surface area contributed by atoms with Crippen molar-refractivity contribution in [3.8, 4) is 17.0 Å². The molecular weight excluding hydrogens is 246 g/mol. The molecule has 96 valence electrons. The summed E-state index contributed by atoms with van der Waals surface area (Å²) in [6, 6.07) is 6.09. The molecule has 0 saturated heterocycles. The van der Waals surface area contributed by atoms with Crippen LogP contribution in [0.2, 0.25) is 0 Å². The molecule has 0 bridgehead atoms. The zero-order valence-electron chi connectivity index (χ0n) is 11.0. The number of rotatable bonds is 2. The lowest BCUT2D eigenvalue weighted by Gasteiger charge is -2.20. The minimum atomic E-state index is -0.0479. The second-order valence-electron chi connectivity index (χ2n) is 5.23. The van der Waals surface area contributed by atoms with Crippen molar-refractivity contribution in [3.63, 3.8) is 0 Å². The van der Waals surface area contributed by atoms with Gasteiger partial charge in [-0.05, 0) is 23.1 Å². The Labute approximate surface area is 110 Å². The highest BCUT2D eigenvalue weighted by Gasteiger charge is 2.17. The van der Waals surface area contributed by atoms with Crippen LogP contribution in [0.25, 0.3) is 11.3 Å². The van der Waals surface area contributed by atoms with E-state index < -0.39 is 0 Å². The Morgan fingerprint density at radius 1 is 1.28 bits per heavy atom. The quantitative estimate of drug-likeness (QED) is 0.902. The molecule has 2 aromatic rings. The number of hydrogen-bond acceptors (Lipinski definition) is 3. The van der Waals surface area contributed by atoms with Crippen molar-refractivity contribution in [3.05, 3.63) is 38.8 Å². The molecule has 0 aliphatic heterocycles. The molecule has 1 aromatic heterocycles. The van der Waals surface area contributed by atoms with Crippen molar-refractivity contribution in [2.45, 2.75) is 26.2 Å². The first-order valence-corrected chi connectivity index (χ1v) is 6.66. The summed E-state index contributed by atoms with van der Waals surface area (Å²) >= 11 is 1.17. The second-order valence-corrected chi connectivity index (χ2v) is 6.07. The van der Waals surface area contributed by atoms with Crippen LogP contribution in [0.5, 0.6) is 5.75 Å². The third-order valence-corrected chi connectivity index (χ3v) is 3.55. The summed E-state index contributed by atoms with van der Waals surface area (Å²) in [7, 11) is 1.64. The average molecular weight is 263 g/mol. The van der Waals surface area contributed by atoms with Gasteiger partial charge >= 0.3 is 4.87 Å². The molecular formula is C14H17NO2S. The Balaban J connectivity index is 2.60. The predicted octanol–water partition coefficient (Wildman–Crippen LogP) is 3.41. The minimum Gasteiger partial charge on any atom is -0.496 e. The Kier molecular flexibility index (Phi) is 3.30. The fourth-order valence-electron chi connectivity index (χ4n) is 1.80. The first-order valence-electron chi connectivity index (χ1n) is 5.78. The number of aromatic amines is 1. The van der Waals surface area contributed by atoms with Crippen LogP contribution < -0.4 is 9.61 Å². The van der Waals surface area contributed by atoms with Crippen LogP contribution in [0.15, 0.2) is 28.4 Å². The molecule has 0 unspecified atom stereocenters. The van der Waals surface area contributed by atoms with E-state index in [4.69, 9.17) is 4.74 Å². The summed E-state index contributed by atoms with van der Waals surface area (Å²) in [5.74, 6) is 0.775. The van der Waals surface area contributed by atoms with Crippen molar-refractivity contribution < 1.29 is 4.74 Å². The third kappa shape index (κ3) is 2.48. The lowest BCUT2D eigenvalue weighted by molar-refractivity contribution is 0.415. The number of nitrogens with one attached hydrogen (secondary N) is 1. The van der Waals surface area contributed by atoms with Crippen LogP contribution in [0.3, 0.4) is 0 Å². The van der Waals surface area contributed by atoms with Gasteiger partial charge in [-0.3, -0.25) is 4.79 Å². The second kappa shape index (κ2) is 4.61. The van der Waals surface area contributed by atoms with Crippen molar-refractivity contribution in [1.29, 1.82) is 0 Å². The molecule has 1 heterocycles. The van der Waals surface area contributed by atoms with Gasteiger partial charge in [-0.25, -0.2) is 0 Å². The number of methoxy groups -OCH3 is 1. The first-order chi connectivity index (χ1) is 8.41. The molecule has 0 saturated carbocycles. The minimum absolute atomic E-state index is 0.0479. The molecule has 3 nitrogen and oxygen atoms in total. The van der Waals surface area contributed by atoms with E-state index in [0.717, 1.165) is 17.0 Å². The van der Waals surface area contributed by atoms with E-state index in [2.05, 4.69) is 37.9 Å². The highest BCUT2D eigenvalue weighted by Crippen LogP contribution is 2.33. The molecule has 0 amide bonds. The standard InChI is InChI=1S/C14H17NO2S/c1-14(2,3)9-5-6-12(17-4)10(7-9)11-8-18-13(16)15-11/h5-8H,1-4H3,(H,15,16). The van der Waals surface area contributed by atoms with Gasteiger partial charge in [-0.1, -0.05) is 38.2 Å². The topological polar surface area (TPSA) is 42.1 Å². The smallest absolute Gasteiger partial charge is 0.304 e. The van der Waals surface area contributed by atoms with Gasteiger partial charge in [-0.2, -0.15) is 0 Å². The van der Waals surface area contributed by atoms with E-state index in [0.29, 0.717) is 0 Å². The Hall–Kier alpha value is -1.55. The summed E-state index contributed by atoms with van der Waals surface area (Å²) in [6.45, 7) is 6.48. The Morgan fingerprint density at radius 2 is 2.00 bits per heavy atom. The van der Waals surface area contributed by atoms with Gasteiger partial charge in [0.25, 0.3) is 0 Å². The van der Waals surface area contributed by atoms with Crippen molar-refractivity contribution in [2.75, 3.05) is 7.11 Å². The molecule has 0 aliphatic carbocycles. The van der Waals surface area contributed by atoms with Crippen molar-refractivity contribution >= 4 is 11.3 Å². The summed E-state index contributed by atoms with van der Waals surface area (Å²) in [5.41, 5.74) is 3.03. The van der Waals surface area contributed by atoms with E-state index in [9.17, 15) is 4.79 Å². The molecule has 0 radical (unpaired) electrons. The number of hydrogen-bond donors (Lipinski definition) is 1. The Morgan fingerprint density at radius 3 is 2.50 bits per heavy atom. The molecule has 0 spiro atoms. The number of ether oxygens (including phenoxy) is 1. The SMILES string of the molecule is COc1ccc(C(C)(C)C)cc1-c1csc(=O)[nH]1. The summed E-state index contributed by atoms with van der Waals surface area (Å²) < 4.78 is 5.36. The average Bonchev–Trinajstić information content (AvgIpc) is 2.73. The maximum Gasteiger partial charge on any atom is 0.304 e. The zero-order chi connectivity index (χ0) is 13.3. The fraction of sp³-hybridized carbons (Fsp3) is 0.357. The lowest BCUT2D eigenvalue weighted by atomic mass is 9.86. The molecule has 1 aromatic carbocycles. The molecule has 0 aliphatic rings. The van der Waals surface area contributed by atoms with Crippen LogP contribution >= 0.6 is 11.3 Å². The molecule has 18 heavy (non-hydrogen) atoms. The maximum absolute atomic E-state index is 11.3. The molecule has 2 rings (SSSR count). The lowest BCUT2D eigenvalue weighted by Crippen LogP contribution is -2.11. The molecule has 0 fully saturated rings. The van der Waals surface area contributed by atoms with Gasteiger partial charge in [0.15, 0.2) is 0 Å². The van der Waals surface area contributed by atoms with Gasteiger partial charge in [0, 0.05) is 10.9 Å². The predicted molar refractivity (Wildman–Crippen MR) is 75.6 cm³/mol. The first kappa shape index (κ1) is 12.9. The molecule has 1 N–H and O–H groups in total. The van der Waals surface area contributed by atoms with Gasteiger partial charge < -0.3 is 9.72 Å². The van der Waals surface area contributed by atoms with E-state index in [1.54, 1.807) is 7.11 Å². The van der Waals surface area contributed by atoms with Crippen molar-refractivity contribution in [1.82, 2.24) is 4.98 Å². The van der Waals surface area contributed by atoms with E-state index in [1.165, 1.54) is 16.9 Å². The van der Waals surface area contributed by atoms with E-state index in [1.807, 2.05) is 11.4 Å². The van der Waals surface area contributed by atoms with Gasteiger partial charge in [-0.15, -0.1) is 0 Å². The van der Waals surface area contributed by atoms with Gasteiger partial charge in [0.1, 0.15) is 5.75 Å². The number of H-pyrrole nitrogens is 1. The largest absolute Gasteiger partial charge is 0.496 e. The van der Waals surface area contributed by atoms with E-state index in [-0.39, 0.29) is 10.3 Å². The van der Waals surface area contributed by atoms with Crippen LogP contribution in [0.4, 0.5) is 0 Å². The van der Waals surface area contributed by atoms with E-state index >= 15 is 0 Å². The summed E-state index contributed by atoms with van der Waals surface area (Å²) in [5, 5.41) is 1.83.